The summed E-state index contributed by atoms with van der Waals surface area (Å²) in [6.07, 6.45) is 4.00. The number of carbonyl (C=O) groups excluding carboxylic acids is 1. The number of phenolic OH excluding ortho intramolecular Hbond substituents is 1. The van der Waals surface area contributed by atoms with Crippen molar-refractivity contribution in [2.45, 2.75) is 82.4 Å². The van der Waals surface area contributed by atoms with Crippen molar-refractivity contribution >= 4 is 6.03 Å². The van der Waals surface area contributed by atoms with Gasteiger partial charge in [-0.05, 0) is 75.3 Å². The molecule has 3 fully saturated rings. The van der Waals surface area contributed by atoms with E-state index in [9.17, 15) is 15.0 Å². The summed E-state index contributed by atoms with van der Waals surface area (Å²) in [6.45, 7) is 11.2. The fourth-order valence-corrected chi connectivity index (χ4v) is 6.44. The highest BCUT2D eigenvalue weighted by Crippen LogP contribution is 2.57. The quantitative estimate of drug-likeness (QED) is 0.609. The first-order chi connectivity index (χ1) is 14.1. The van der Waals surface area contributed by atoms with Crippen molar-refractivity contribution in [3.05, 3.63) is 29.3 Å². The van der Waals surface area contributed by atoms with E-state index in [1.54, 1.807) is 6.07 Å². The molecule has 2 amide bonds. The van der Waals surface area contributed by atoms with Gasteiger partial charge in [-0.1, -0.05) is 26.3 Å². The topological polar surface area (TPSA) is 84.8 Å². The largest absolute Gasteiger partial charge is 0.508 e. The zero-order chi connectivity index (χ0) is 21.7. The summed E-state index contributed by atoms with van der Waals surface area (Å²) in [7, 11) is 0. The average Bonchev–Trinajstić information content (AvgIpc) is 3.08. The molecule has 3 aliphatic rings. The van der Waals surface area contributed by atoms with Gasteiger partial charge < -0.3 is 20.8 Å². The molecule has 6 nitrogen and oxygen atoms in total. The summed E-state index contributed by atoms with van der Waals surface area (Å²) >= 11 is 0. The molecule has 6 heteroatoms. The Hall–Kier alpha value is -1.79. The monoisotopic (exact) mass is 415 g/mol. The van der Waals surface area contributed by atoms with Crippen LogP contribution in [0.15, 0.2) is 18.2 Å². The predicted molar refractivity (Wildman–Crippen MR) is 118 cm³/mol. The van der Waals surface area contributed by atoms with Crippen LogP contribution < -0.4 is 10.6 Å². The van der Waals surface area contributed by atoms with Crippen molar-refractivity contribution in [1.82, 2.24) is 15.5 Å². The van der Waals surface area contributed by atoms with Crippen molar-refractivity contribution in [3.8, 4) is 5.75 Å². The van der Waals surface area contributed by atoms with E-state index in [0.29, 0.717) is 25.3 Å². The van der Waals surface area contributed by atoms with Crippen LogP contribution in [0.25, 0.3) is 0 Å². The molecule has 1 aromatic carbocycles. The lowest BCUT2D eigenvalue weighted by Crippen LogP contribution is -2.73. The molecule has 4 N–H and O–H groups in total. The molecule has 4 rings (SSSR count). The molecule has 5 atom stereocenters. The number of rotatable bonds is 4. The third-order valence-electron chi connectivity index (χ3n) is 8.46. The molecule has 2 aliphatic heterocycles. The molecule has 1 aromatic rings. The standard InChI is InChI=1S/C24H37N3O3/c1-5-16(2)13-27-11-10-23(20-12-19(28)7-6-17(20)3)14-22(15-25-21(29)26-22)8-9-24(23,30)18(27)4/h6-7,12,16,18,28,30H,5,8-11,13-15H2,1-4H3,(H2,25,26,29). The van der Waals surface area contributed by atoms with E-state index in [0.717, 1.165) is 43.5 Å². The summed E-state index contributed by atoms with van der Waals surface area (Å²) in [6, 6.07) is 5.39. The van der Waals surface area contributed by atoms with Gasteiger partial charge in [0.25, 0.3) is 0 Å². The van der Waals surface area contributed by atoms with Crippen molar-refractivity contribution in [3.63, 3.8) is 0 Å². The van der Waals surface area contributed by atoms with Gasteiger partial charge in [0.15, 0.2) is 0 Å². The molecule has 5 unspecified atom stereocenters. The van der Waals surface area contributed by atoms with Crippen LogP contribution in [0, 0.1) is 12.8 Å². The number of hydrogen-bond acceptors (Lipinski definition) is 4. The summed E-state index contributed by atoms with van der Waals surface area (Å²) in [5.74, 6) is 0.814. The van der Waals surface area contributed by atoms with E-state index < -0.39 is 11.0 Å². The van der Waals surface area contributed by atoms with Gasteiger partial charge in [-0.2, -0.15) is 0 Å². The molecular weight excluding hydrogens is 378 g/mol. The Morgan fingerprint density at radius 2 is 2.07 bits per heavy atom. The number of benzene rings is 1. The van der Waals surface area contributed by atoms with Crippen LogP contribution in [-0.4, -0.2) is 58.0 Å². The minimum atomic E-state index is -0.921. The highest BCUT2D eigenvalue weighted by atomic mass is 16.3. The number of amides is 2. The zero-order valence-electron chi connectivity index (χ0n) is 18.8. The lowest BCUT2D eigenvalue weighted by molar-refractivity contribution is -0.167. The minimum Gasteiger partial charge on any atom is -0.508 e. The number of nitrogens with zero attached hydrogens (tertiary/aromatic N) is 1. The summed E-state index contributed by atoms with van der Waals surface area (Å²) in [4.78, 5) is 14.5. The minimum absolute atomic E-state index is 0.00409. The van der Waals surface area contributed by atoms with E-state index in [2.05, 4.69) is 43.2 Å². The van der Waals surface area contributed by atoms with Gasteiger partial charge in [0.1, 0.15) is 5.75 Å². The third kappa shape index (κ3) is 3.19. The van der Waals surface area contributed by atoms with Crippen LogP contribution in [-0.2, 0) is 5.41 Å². The second-order valence-corrected chi connectivity index (χ2v) is 10.2. The first-order valence-corrected chi connectivity index (χ1v) is 11.5. The summed E-state index contributed by atoms with van der Waals surface area (Å²) in [5, 5.41) is 28.8. The molecule has 1 aliphatic carbocycles. The maximum atomic E-state index is 12.4. The van der Waals surface area contributed by atoms with E-state index in [1.807, 2.05) is 12.1 Å². The molecule has 30 heavy (non-hydrogen) atoms. The first kappa shape index (κ1) is 21.4. The lowest BCUT2D eigenvalue weighted by Gasteiger charge is -2.63. The zero-order valence-corrected chi connectivity index (χ0v) is 18.8. The molecule has 1 saturated carbocycles. The van der Waals surface area contributed by atoms with E-state index in [-0.39, 0.29) is 23.4 Å². The number of carbonyl (C=O) groups is 1. The number of aromatic hydroxyl groups is 1. The third-order valence-corrected chi connectivity index (χ3v) is 8.46. The van der Waals surface area contributed by atoms with Crippen LogP contribution in [0.2, 0.25) is 0 Å². The van der Waals surface area contributed by atoms with Gasteiger partial charge in [0.05, 0.1) is 11.1 Å². The number of piperidine rings is 1. The van der Waals surface area contributed by atoms with Crippen molar-refractivity contribution < 1.29 is 15.0 Å². The second-order valence-electron chi connectivity index (χ2n) is 10.2. The smallest absolute Gasteiger partial charge is 0.315 e. The number of aliphatic hydroxyl groups is 1. The molecule has 0 bridgehead atoms. The summed E-state index contributed by atoms with van der Waals surface area (Å²) in [5.41, 5.74) is 0.331. The van der Waals surface area contributed by atoms with Gasteiger partial charge in [0.2, 0.25) is 0 Å². The number of likely N-dealkylation sites (tertiary alicyclic amines) is 1. The van der Waals surface area contributed by atoms with Crippen LogP contribution >= 0.6 is 0 Å². The van der Waals surface area contributed by atoms with Gasteiger partial charge in [-0.3, -0.25) is 4.90 Å². The van der Waals surface area contributed by atoms with E-state index in [1.165, 1.54) is 0 Å². The summed E-state index contributed by atoms with van der Waals surface area (Å²) < 4.78 is 0. The maximum Gasteiger partial charge on any atom is 0.315 e. The Morgan fingerprint density at radius 3 is 2.73 bits per heavy atom. The van der Waals surface area contributed by atoms with Gasteiger partial charge in [-0.25, -0.2) is 4.79 Å². The Bertz CT molecular complexity index is 830. The molecule has 2 saturated heterocycles. The fraction of sp³-hybridized carbons (Fsp3) is 0.708. The van der Waals surface area contributed by atoms with Gasteiger partial charge >= 0.3 is 6.03 Å². The highest BCUT2D eigenvalue weighted by molar-refractivity contribution is 5.77. The highest BCUT2D eigenvalue weighted by Gasteiger charge is 2.64. The number of phenols is 1. The normalized spacial score (nSPS) is 37.5. The average molecular weight is 416 g/mol. The molecular formula is C24H37N3O3. The van der Waals surface area contributed by atoms with Crippen molar-refractivity contribution in [2.75, 3.05) is 19.6 Å². The molecule has 0 aromatic heterocycles. The van der Waals surface area contributed by atoms with Crippen molar-refractivity contribution in [2.24, 2.45) is 5.92 Å². The van der Waals surface area contributed by atoms with Gasteiger partial charge in [-0.15, -0.1) is 0 Å². The second kappa shape index (κ2) is 7.41. The van der Waals surface area contributed by atoms with Crippen LogP contribution in [0.5, 0.6) is 5.75 Å². The Morgan fingerprint density at radius 1 is 1.30 bits per heavy atom. The van der Waals surface area contributed by atoms with Crippen molar-refractivity contribution in [1.29, 1.82) is 0 Å². The molecule has 1 spiro atoms. The molecule has 166 valence electrons. The van der Waals surface area contributed by atoms with Gasteiger partial charge in [0, 0.05) is 24.5 Å². The fourth-order valence-electron chi connectivity index (χ4n) is 6.44. The predicted octanol–water partition coefficient (Wildman–Crippen LogP) is 3.05. The SMILES string of the molecule is CCC(C)CN1CCC2(c3cc(O)ccc3C)CC3(CCC2(O)C1C)CNC(=O)N3. The first-order valence-electron chi connectivity index (χ1n) is 11.5. The van der Waals surface area contributed by atoms with E-state index >= 15 is 0 Å². The van der Waals surface area contributed by atoms with Crippen LogP contribution in [0.1, 0.15) is 64.0 Å². The number of nitrogens with one attached hydrogen (secondary N) is 2. The Balaban J connectivity index is 1.80. The van der Waals surface area contributed by atoms with Crippen LogP contribution in [0.4, 0.5) is 4.79 Å². The number of urea groups is 1. The Kier molecular flexibility index (Phi) is 5.30. The molecule has 0 radical (unpaired) electrons. The Labute approximate surface area is 180 Å². The van der Waals surface area contributed by atoms with E-state index in [4.69, 9.17) is 0 Å². The molecule has 2 heterocycles. The lowest BCUT2D eigenvalue weighted by atomic mass is 9.50. The number of fused-ring (bicyclic) bond motifs is 1. The number of hydrogen-bond donors (Lipinski definition) is 4. The maximum absolute atomic E-state index is 12.4. The van der Waals surface area contributed by atoms with Crippen LogP contribution in [0.3, 0.4) is 0 Å². The number of aryl methyl sites for hydroxylation is 1.